The first kappa shape index (κ1) is 14.1. The minimum atomic E-state index is -0.0711. The van der Waals surface area contributed by atoms with Gasteiger partial charge in [0.05, 0.1) is 4.88 Å². The summed E-state index contributed by atoms with van der Waals surface area (Å²) in [7, 11) is 0. The molecule has 100 valence electrons. The first-order valence-corrected chi connectivity index (χ1v) is 7.37. The average molecular weight is 294 g/mol. The summed E-state index contributed by atoms with van der Waals surface area (Å²) in [6, 6.07) is 7.43. The predicted molar refractivity (Wildman–Crippen MR) is 82.6 cm³/mol. The van der Waals surface area contributed by atoms with Crippen LogP contribution in [0, 0.1) is 13.8 Å². The van der Waals surface area contributed by atoms with Gasteiger partial charge in [0.15, 0.2) is 0 Å². The van der Waals surface area contributed by atoms with Gasteiger partial charge in [0.25, 0.3) is 5.91 Å². The molecule has 0 aliphatic heterocycles. The quantitative estimate of drug-likeness (QED) is 0.862. The maximum Gasteiger partial charge on any atom is 0.265 e. The van der Waals surface area contributed by atoms with Crippen LogP contribution < -0.4 is 5.32 Å². The molecular weight excluding hydrogens is 278 g/mol. The molecule has 0 spiro atoms. The molecule has 1 heterocycles. The van der Waals surface area contributed by atoms with Gasteiger partial charge in [0.2, 0.25) is 0 Å². The molecule has 0 fully saturated rings. The third kappa shape index (κ3) is 3.17. The van der Waals surface area contributed by atoms with Crippen LogP contribution in [0.25, 0.3) is 0 Å². The number of rotatable bonds is 3. The Kier molecular flexibility index (Phi) is 4.27. The van der Waals surface area contributed by atoms with Crippen LogP contribution in [0.2, 0.25) is 5.02 Å². The number of halogens is 1. The Balaban J connectivity index is 2.22. The Hall–Kier alpha value is -1.32. The van der Waals surface area contributed by atoms with E-state index >= 15 is 0 Å². The maximum atomic E-state index is 12.2. The van der Waals surface area contributed by atoms with Gasteiger partial charge in [-0.1, -0.05) is 24.6 Å². The Bertz CT molecular complexity index is 619. The molecule has 2 nitrogen and oxygen atoms in total. The zero-order valence-electron chi connectivity index (χ0n) is 11.2. The number of hydrogen-bond acceptors (Lipinski definition) is 2. The van der Waals surface area contributed by atoms with Gasteiger partial charge in [-0.2, -0.15) is 0 Å². The first-order chi connectivity index (χ1) is 9.01. The zero-order valence-corrected chi connectivity index (χ0v) is 12.8. The van der Waals surface area contributed by atoms with Crippen molar-refractivity contribution in [2.45, 2.75) is 27.2 Å². The largest absolute Gasteiger partial charge is 0.321 e. The molecule has 0 saturated heterocycles. The second-order valence-corrected chi connectivity index (χ2v) is 6.06. The average Bonchev–Trinajstić information content (AvgIpc) is 2.75. The lowest BCUT2D eigenvalue weighted by Gasteiger charge is -2.07. The van der Waals surface area contributed by atoms with Gasteiger partial charge < -0.3 is 5.32 Å². The fourth-order valence-electron chi connectivity index (χ4n) is 1.90. The highest BCUT2D eigenvalue weighted by Gasteiger charge is 2.12. The van der Waals surface area contributed by atoms with E-state index in [9.17, 15) is 4.79 Å². The van der Waals surface area contributed by atoms with E-state index in [1.807, 2.05) is 32.0 Å². The summed E-state index contributed by atoms with van der Waals surface area (Å²) in [5.41, 5.74) is 2.95. The van der Waals surface area contributed by atoms with E-state index < -0.39 is 0 Å². The van der Waals surface area contributed by atoms with Gasteiger partial charge in [0.1, 0.15) is 0 Å². The van der Waals surface area contributed by atoms with Gasteiger partial charge in [-0.3, -0.25) is 4.79 Å². The van der Waals surface area contributed by atoms with Gasteiger partial charge >= 0.3 is 0 Å². The number of aryl methyl sites for hydroxylation is 3. The highest BCUT2D eigenvalue weighted by atomic mass is 35.5. The normalized spacial score (nSPS) is 10.5. The van der Waals surface area contributed by atoms with Crippen LogP contribution >= 0.6 is 22.9 Å². The van der Waals surface area contributed by atoms with E-state index in [0.29, 0.717) is 5.02 Å². The van der Waals surface area contributed by atoms with Crippen LogP contribution in [-0.2, 0) is 6.42 Å². The van der Waals surface area contributed by atoms with Gasteiger partial charge in [-0.05, 0) is 49.6 Å². The van der Waals surface area contributed by atoms with Crippen molar-refractivity contribution in [3.8, 4) is 0 Å². The number of amides is 1. The highest BCUT2D eigenvalue weighted by Crippen LogP contribution is 2.25. The standard InChI is InChI=1S/C15H16ClNOS/c1-4-13-10(3)7-14(19-13)15(18)17-12-8-11(16)6-5-9(12)2/h5-8H,4H2,1-3H3,(H,17,18). The van der Waals surface area contributed by atoms with Gasteiger partial charge in [-0.15, -0.1) is 11.3 Å². The number of benzene rings is 1. The predicted octanol–water partition coefficient (Wildman–Crippen LogP) is 4.83. The van der Waals surface area contributed by atoms with E-state index in [1.54, 1.807) is 17.4 Å². The van der Waals surface area contributed by atoms with Crippen molar-refractivity contribution in [3.05, 3.63) is 50.2 Å². The van der Waals surface area contributed by atoms with Gasteiger partial charge in [-0.25, -0.2) is 0 Å². The van der Waals surface area contributed by atoms with Crippen molar-refractivity contribution in [3.63, 3.8) is 0 Å². The van der Waals surface area contributed by atoms with Crippen molar-refractivity contribution < 1.29 is 4.79 Å². The second kappa shape index (κ2) is 5.76. The molecule has 0 radical (unpaired) electrons. The molecule has 2 aromatic rings. The molecule has 0 unspecified atom stereocenters. The number of carbonyl (C=O) groups is 1. The van der Waals surface area contributed by atoms with E-state index in [2.05, 4.69) is 12.2 Å². The molecule has 1 aromatic carbocycles. The molecule has 1 N–H and O–H groups in total. The topological polar surface area (TPSA) is 29.1 Å². The Morgan fingerprint density at radius 3 is 2.63 bits per heavy atom. The summed E-state index contributed by atoms with van der Waals surface area (Å²) in [4.78, 5) is 14.2. The third-order valence-electron chi connectivity index (χ3n) is 3.01. The highest BCUT2D eigenvalue weighted by molar-refractivity contribution is 7.14. The Morgan fingerprint density at radius 1 is 1.26 bits per heavy atom. The zero-order chi connectivity index (χ0) is 14.0. The number of hydrogen-bond donors (Lipinski definition) is 1. The van der Waals surface area contributed by atoms with Crippen LogP contribution in [0.15, 0.2) is 24.3 Å². The monoisotopic (exact) mass is 293 g/mol. The summed E-state index contributed by atoms with van der Waals surface area (Å²) in [5, 5.41) is 3.54. The van der Waals surface area contributed by atoms with Crippen LogP contribution in [0.3, 0.4) is 0 Å². The minimum absolute atomic E-state index is 0.0711. The molecule has 19 heavy (non-hydrogen) atoms. The smallest absolute Gasteiger partial charge is 0.265 e. The van der Waals surface area contributed by atoms with Crippen LogP contribution in [0.5, 0.6) is 0 Å². The molecule has 1 aromatic heterocycles. The van der Waals surface area contributed by atoms with E-state index in [1.165, 1.54) is 10.4 Å². The summed E-state index contributed by atoms with van der Waals surface area (Å²) in [6.07, 6.45) is 0.958. The molecule has 1 amide bonds. The van der Waals surface area contributed by atoms with Crippen molar-refractivity contribution >= 4 is 34.5 Å². The minimum Gasteiger partial charge on any atom is -0.321 e. The molecule has 0 atom stereocenters. The lowest BCUT2D eigenvalue weighted by atomic mass is 10.2. The van der Waals surface area contributed by atoms with Crippen LogP contribution in [0.1, 0.15) is 32.6 Å². The molecule has 2 rings (SSSR count). The fourth-order valence-corrected chi connectivity index (χ4v) is 3.08. The third-order valence-corrected chi connectivity index (χ3v) is 4.63. The molecule has 0 aliphatic carbocycles. The van der Waals surface area contributed by atoms with E-state index in [4.69, 9.17) is 11.6 Å². The first-order valence-electron chi connectivity index (χ1n) is 6.18. The summed E-state index contributed by atoms with van der Waals surface area (Å²) in [5.74, 6) is -0.0711. The Labute approximate surface area is 122 Å². The van der Waals surface area contributed by atoms with Crippen LogP contribution in [-0.4, -0.2) is 5.91 Å². The molecule has 0 saturated carbocycles. The molecule has 4 heteroatoms. The maximum absolute atomic E-state index is 12.2. The van der Waals surface area contributed by atoms with Gasteiger partial charge in [0, 0.05) is 15.6 Å². The van der Waals surface area contributed by atoms with E-state index in [-0.39, 0.29) is 5.91 Å². The summed E-state index contributed by atoms with van der Waals surface area (Å²) < 4.78 is 0. The lowest BCUT2D eigenvalue weighted by molar-refractivity contribution is 0.103. The second-order valence-electron chi connectivity index (χ2n) is 4.48. The summed E-state index contributed by atoms with van der Waals surface area (Å²) >= 11 is 7.50. The molecular formula is C15H16ClNOS. The van der Waals surface area contributed by atoms with Crippen molar-refractivity contribution in [2.24, 2.45) is 0 Å². The van der Waals surface area contributed by atoms with Crippen molar-refractivity contribution in [1.29, 1.82) is 0 Å². The number of anilines is 1. The SMILES string of the molecule is CCc1sc(C(=O)Nc2cc(Cl)ccc2C)cc1C. The number of nitrogens with one attached hydrogen (secondary N) is 1. The lowest BCUT2D eigenvalue weighted by Crippen LogP contribution is -2.11. The summed E-state index contributed by atoms with van der Waals surface area (Å²) in [6.45, 7) is 6.08. The molecule has 0 aliphatic rings. The van der Waals surface area contributed by atoms with E-state index in [0.717, 1.165) is 22.5 Å². The molecule has 0 bridgehead atoms. The van der Waals surface area contributed by atoms with Crippen molar-refractivity contribution in [2.75, 3.05) is 5.32 Å². The fraction of sp³-hybridized carbons (Fsp3) is 0.267. The number of thiophene rings is 1. The number of carbonyl (C=O) groups excluding carboxylic acids is 1. The Morgan fingerprint density at radius 2 is 2.00 bits per heavy atom. The van der Waals surface area contributed by atoms with Crippen molar-refractivity contribution in [1.82, 2.24) is 0 Å². The van der Waals surface area contributed by atoms with Crippen LogP contribution in [0.4, 0.5) is 5.69 Å².